The van der Waals surface area contributed by atoms with Crippen LogP contribution >= 0.6 is 0 Å². The van der Waals surface area contributed by atoms with Gasteiger partial charge in [-0.05, 0) is 48.5 Å². The highest BCUT2D eigenvalue weighted by molar-refractivity contribution is 5.74. The number of nitrogens with two attached hydrogens (primary N) is 1. The molecule has 10 atom stereocenters. The number of hydrogen-bond acceptors (Lipinski definition) is 10. The number of amides is 1. The number of aliphatic hydroxyl groups is 3. The Bertz CT molecular complexity index is 810. The Morgan fingerprint density at radius 1 is 0.943 bits per heavy atom. The first kappa shape index (κ1) is 30.3. The minimum Gasteiger partial charge on any atom is -0.394 e. The zero-order valence-electron chi connectivity index (χ0n) is 23.0. The third kappa shape index (κ3) is 3.95. The van der Waals surface area contributed by atoms with Gasteiger partial charge in [0.15, 0.2) is 11.6 Å². The van der Waals surface area contributed by atoms with Gasteiger partial charge >= 0.3 is 0 Å². The maximum absolute atomic E-state index is 12.2. The Morgan fingerprint density at radius 2 is 1.43 bits per heavy atom. The van der Waals surface area contributed by atoms with E-state index < -0.39 is 70.8 Å². The standard InChI is InChI=1S/C24H46N2O9/c1-14-18(3,16(12-27)33-23(8,32-11)19(14,4)26-15(2)29)35-24(9)21(6,25)22(7,30)20(5,31-10)17(13-28)34-24/h14,16-17,27-28,30H,12-13,25H2,1-11H3,(H,26,29). The summed E-state index contributed by atoms with van der Waals surface area (Å²) in [4.78, 5) is 12.2. The Kier molecular flexibility index (Phi) is 7.92. The number of carbonyl (C=O) groups is 1. The van der Waals surface area contributed by atoms with Crippen LogP contribution in [0.4, 0.5) is 0 Å². The van der Waals surface area contributed by atoms with Crippen molar-refractivity contribution in [1.82, 2.24) is 5.32 Å². The first-order chi connectivity index (χ1) is 15.7. The fourth-order valence-corrected chi connectivity index (χ4v) is 5.85. The molecule has 0 aliphatic carbocycles. The second kappa shape index (κ2) is 9.14. The summed E-state index contributed by atoms with van der Waals surface area (Å²) in [7, 11) is 2.87. The monoisotopic (exact) mass is 506 g/mol. The molecule has 0 saturated carbocycles. The van der Waals surface area contributed by atoms with Crippen LogP contribution < -0.4 is 11.1 Å². The van der Waals surface area contributed by atoms with Crippen LogP contribution in [0.25, 0.3) is 0 Å². The second-order valence-electron chi connectivity index (χ2n) is 11.2. The molecule has 2 rings (SSSR count). The molecule has 10 unspecified atom stereocenters. The lowest BCUT2D eigenvalue weighted by molar-refractivity contribution is -0.445. The van der Waals surface area contributed by atoms with Crippen LogP contribution in [-0.2, 0) is 28.5 Å². The highest BCUT2D eigenvalue weighted by Crippen LogP contribution is 2.55. The summed E-state index contributed by atoms with van der Waals surface area (Å²) in [6.07, 6.45) is -1.94. The molecule has 6 N–H and O–H groups in total. The molecule has 2 saturated heterocycles. The van der Waals surface area contributed by atoms with Crippen molar-refractivity contribution in [2.75, 3.05) is 27.4 Å². The van der Waals surface area contributed by atoms with Crippen molar-refractivity contribution in [3.05, 3.63) is 0 Å². The molecule has 1 amide bonds. The molecule has 0 spiro atoms. The molecule has 11 nitrogen and oxygen atoms in total. The molecule has 0 aromatic carbocycles. The summed E-state index contributed by atoms with van der Waals surface area (Å²) in [5.74, 6) is -3.87. The van der Waals surface area contributed by atoms with Crippen LogP contribution in [0.15, 0.2) is 0 Å². The fraction of sp³-hybridized carbons (Fsp3) is 0.958. The zero-order chi connectivity index (χ0) is 27.5. The topological polar surface area (TPSA) is 162 Å². The lowest BCUT2D eigenvalue weighted by Crippen LogP contribution is -2.86. The van der Waals surface area contributed by atoms with E-state index in [-0.39, 0.29) is 5.91 Å². The number of methoxy groups -OCH3 is 2. The fourth-order valence-electron chi connectivity index (χ4n) is 5.85. The maximum atomic E-state index is 12.2. The van der Waals surface area contributed by atoms with Gasteiger partial charge in [-0.1, -0.05) is 6.92 Å². The van der Waals surface area contributed by atoms with Crippen LogP contribution in [-0.4, -0.2) is 100 Å². The molecule has 2 aliphatic heterocycles. The van der Waals surface area contributed by atoms with Gasteiger partial charge in [0.1, 0.15) is 29.0 Å². The maximum Gasteiger partial charge on any atom is 0.217 e. The summed E-state index contributed by atoms with van der Waals surface area (Å²) < 4.78 is 30.6. The SMILES string of the molecule is COC1(C)OC(CO)C(C)(OC2(C)OC(CO)C(C)(OC)C(C)(O)C2(C)N)C(C)C1(C)NC(C)=O. The zero-order valence-corrected chi connectivity index (χ0v) is 23.0. The van der Waals surface area contributed by atoms with E-state index in [9.17, 15) is 20.1 Å². The van der Waals surface area contributed by atoms with Gasteiger partial charge in [0.05, 0.1) is 24.3 Å². The number of carbonyl (C=O) groups excluding carboxylic acids is 1. The molecule has 35 heavy (non-hydrogen) atoms. The number of hydrogen-bond donors (Lipinski definition) is 5. The minimum absolute atomic E-state index is 0.307. The summed E-state index contributed by atoms with van der Waals surface area (Å²) in [5.41, 5.74) is -0.382. The molecule has 206 valence electrons. The van der Waals surface area contributed by atoms with Gasteiger partial charge in [0.2, 0.25) is 5.91 Å². The lowest BCUT2D eigenvalue weighted by Gasteiger charge is -2.67. The Balaban J connectivity index is 2.68. The molecule has 2 fully saturated rings. The van der Waals surface area contributed by atoms with Crippen molar-refractivity contribution in [2.24, 2.45) is 11.7 Å². The van der Waals surface area contributed by atoms with Crippen LogP contribution in [0.2, 0.25) is 0 Å². The summed E-state index contributed by atoms with van der Waals surface area (Å²) in [6, 6.07) is 0. The minimum atomic E-state index is -1.75. The molecule has 2 heterocycles. The number of rotatable bonds is 7. The van der Waals surface area contributed by atoms with E-state index in [1.54, 1.807) is 41.5 Å². The third-order valence-electron chi connectivity index (χ3n) is 9.57. The van der Waals surface area contributed by atoms with Crippen molar-refractivity contribution in [3.8, 4) is 0 Å². The van der Waals surface area contributed by atoms with E-state index >= 15 is 0 Å². The lowest BCUT2D eigenvalue weighted by atomic mass is 9.62. The van der Waals surface area contributed by atoms with E-state index in [0.717, 1.165) is 0 Å². The van der Waals surface area contributed by atoms with Gasteiger partial charge in [-0.25, -0.2) is 0 Å². The number of nitrogens with one attached hydrogen (secondary N) is 1. The summed E-state index contributed by atoms with van der Waals surface area (Å²) in [6.45, 7) is 13.8. The van der Waals surface area contributed by atoms with E-state index in [1.165, 1.54) is 28.1 Å². The average molecular weight is 507 g/mol. The molecule has 0 bridgehead atoms. The van der Waals surface area contributed by atoms with Crippen molar-refractivity contribution in [3.63, 3.8) is 0 Å². The normalized spacial score (nSPS) is 52.8. The first-order valence-electron chi connectivity index (χ1n) is 11.9. The molecule has 0 aromatic rings. The predicted octanol–water partition coefficient (Wildman–Crippen LogP) is 0.0271. The smallest absolute Gasteiger partial charge is 0.217 e. The van der Waals surface area contributed by atoms with Crippen molar-refractivity contribution < 1.29 is 43.8 Å². The van der Waals surface area contributed by atoms with Gasteiger partial charge in [0, 0.05) is 27.1 Å². The van der Waals surface area contributed by atoms with Gasteiger partial charge in [-0.2, -0.15) is 0 Å². The molecule has 11 heteroatoms. The summed E-state index contributed by atoms with van der Waals surface area (Å²) in [5, 5.41) is 35.2. The molecular weight excluding hydrogens is 460 g/mol. The van der Waals surface area contributed by atoms with E-state index in [1.807, 2.05) is 6.92 Å². The van der Waals surface area contributed by atoms with Crippen LogP contribution in [0.5, 0.6) is 0 Å². The molecular formula is C24H46N2O9. The highest BCUT2D eigenvalue weighted by atomic mass is 16.8. The van der Waals surface area contributed by atoms with Crippen LogP contribution in [0, 0.1) is 5.92 Å². The molecule has 0 radical (unpaired) electrons. The first-order valence-corrected chi connectivity index (χ1v) is 11.9. The van der Waals surface area contributed by atoms with Crippen LogP contribution in [0.1, 0.15) is 62.3 Å². The Morgan fingerprint density at radius 3 is 1.83 bits per heavy atom. The number of ether oxygens (including phenoxy) is 5. The Labute approximate surface area is 208 Å². The van der Waals surface area contributed by atoms with Crippen molar-refractivity contribution >= 4 is 5.91 Å². The average Bonchev–Trinajstić information content (AvgIpc) is 2.76. The molecule has 2 aliphatic rings. The van der Waals surface area contributed by atoms with Gasteiger partial charge in [-0.15, -0.1) is 0 Å². The predicted molar refractivity (Wildman–Crippen MR) is 127 cm³/mol. The van der Waals surface area contributed by atoms with E-state index in [0.29, 0.717) is 0 Å². The Hall–Kier alpha value is -0.890. The van der Waals surface area contributed by atoms with Crippen molar-refractivity contribution in [1.29, 1.82) is 0 Å². The van der Waals surface area contributed by atoms with Gasteiger partial charge in [0.25, 0.3) is 0 Å². The van der Waals surface area contributed by atoms with Gasteiger partial charge < -0.3 is 50.1 Å². The highest BCUT2D eigenvalue weighted by Gasteiger charge is 2.73. The second-order valence-corrected chi connectivity index (χ2v) is 11.2. The van der Waals surface area contributed by atoms with Crippen molar-refractivity contribution in [2.45, 2.75) is 114 Å². The van der Waals surface area contributed by atoms with E-state index in [2.05, 4.69) is 5.32 Å². The van der Waals surface area contributed by atoms with Crippen LogP contribution in [0.3, 0.4) is 0 Å². The van der Waals surface area contributed by atoms with Gasteiger partial charge in [-0.3, -0.25) is 4.79 Å². The quantitative estimate of drug-likeness (QED) is 0.318. The molecule has 0 aromatic heterocycles. The third-order valence-corrected chi connectivity index (χ3v) is 9.57. The summed E-state index contributed by atoms with van der Waals surface area (Å²) >= 11 is 0. The number of aliphatic hydroxyl groups excluding tert-OH is 2. The largest absolute Gasteiger partial charge is 0.394 e. The van der Waals surface area contributed by atoms with E-state index in [4.69, 9.17) is 29.4 Å².